The maximum absolute atomic E-state index is 12.7. The van der Waals surface area contributed by atoms with Crippen LogP contribution in [0.15, 0.2) is 36.4 Å². The number of hydrogen-bond acceptors (Lipinski definition) is 8. The van der Waals surface area contributed by atoms with E-state index in [9.17, 15) is 22.8 Å². The topological polar surface area (TPSA) is 151 Å². The Morgan fingerprint density at radius 2 is 1.73 bits per heavy atom. The molecule has 1 fully saturated rings. The van der Waals surface area contributed by atoms with Crippen LogP contribution in [0.25, 0.3) is 0 Å². The SMILES string of the molecule is CCOC(CN1CCOCC1)CN1C(=O)c2ccccc2CS1(=O)=O.O=C(O)/C=C/C(=O)O. The molecule has 0 aliphatic carbocycles. The molecule has 1 atom stereocenters. The molecule has 2 N–H and O–H groups in total. The Hall–Kier alpha value is -2.80. The number of ether oxygens (including phenoxy) is 2. The van der Waals surface area contributed by atoms with Gasteiger partial charge in [0.1, 0.15) is 0 Å². The molecule has 2 heterocycles. The third-order valence-electron chi connectivity index (χ3n) is 4.85. The summed E-state index contributed by atoms with van der Waals surface area (Å²) in [7, 11) is -3.68. The molecule has 12 heteroatoms. The summed E-state index contributed by atoms with van der Waals surface area (Å²) in [5, 5.41) is 15.6. The van der Waals surface area contributed by atoms with Crippen molar-refractivity contribution in [2.45, 2.75) is 18.8 Å². The lowest BCUT2D eigenvalue weighted by molar-refractivity contribution is -0.134. The average Bonchev–Trinajstić information content (AvgIpc) is 2.76. The van der Waals surface area contributed by atoms with Crippen LogP contribution in [0.2, 0.25) is 0 Å². The summed E-state index contributed by atoms with van der Waals surface area (Å²) in [5.41, 5.74) is 1.02. The van der Waals surface area contributed by atoms with Crippen molar-refractivity contribution < 1.29 is 42.5 Å². The number of hydrogen-bond donors (Lipinski definition) is 2. The Morgan fingerprint density at radius 3 is 2.30 bits per heavy atom. The molecule has 1 aromatic carbocycles. The highest BCUT2D eigenvalue weighted by Crippen LogP contribution is 2.25. The monoisotopic (exact) mass is 484 g/mol. The van der Waals surface area contributed by atoms with Crippen LogP contribution in [0.5, 0.6) is 0 Å². The molecule has 1 saturated heterocycles. The van der Waals surface area contributed by atoms with E-state index >= 15 is 0 Å². The highest BCUT2D eigenvalue weighted by molar-refractivity contribution is 7.89. The highest BCUT2D eigenvalue weighted by Gasteiger charge is 2.37. The Bertz CT molecular complexity index is 956. The van der Waals surface area contributed by atoms with E-state index in [0.717, 1.165) is 17.4 Å². The van der Waals surface area contributed by atoms with Gasteiger partial charge in [-0.3, -0.25) is 9.69 Å². The first-order chi connectivity index (χ1) is 15.6. The number of carbonyl (C=O) groups excluding carboxylic acids is 1. The number of amides is 1. The van der Waals surface area contributed by atoms with Crippen LogP contribution in [0.4, 0.5) is 0 Å². The molecule has 1 unspecified atom stereocenters. The molecule has 0 spiro atoms. The summed E-state index contributed by atoms with van der Waals surface area (Å²) in [5.74, 6) is -3.13. The highest BCUT2D eigenvalue weighted by atomic mass is 32.2. The first-order valence-electron chi connectivity index (χ1n) is 10.3. The van der Waals surface area contributed by atoms with Gasteiger partial charge in [-0.25, -0.2) is 22.3 Å². The molecular formula is C21H28N2O9S. The van der Waals surface area contributed by atoms with Crippen LogP contribution < -0.4 is 0 Å². The number of morpholine rings is 1. The molecule has 2 aliphatic rings. The van der Waals surface area contributed by atoms with Gasteiger partial charge in [0.05, 0.1) is 31.6 Å². The van der Waals surface area contributed by atoms with Crippen LogP contribution in [-0.4, -0.2) is 97.8 Å². The number of carboxylic acid groups (broad SMARTS) is 2. The van der Waals surface area contributed by atoms with Crippen molar-refractivity contribution in [3.63, 3.8) is 0 Å². The summed E-state index contributed by atoms with van der Waals surface area (Å²) in [6.07, 6.45) is 0.761. The lowest BCUT2D eigenvalue weighted by Crippen LogP contribution is -2.50. The van der Waals surface area contributed by atoms with E-state index in [1.165, 1.54) is 0 Å². The van der Waals surface area contributed by atoms with Gasteiger partial charge in [-0.15, -0.1) is 0 Å². The standard InChI is InChI=1S/C17H24N2O5S.C4H4O4/c1-2-24-15(11-18-7-9-23-10-8-18)12-19-17(20)16-6-4-3-5-14(16)13-25(19,21)22;5-3(6)1-2-4(7)8/h3-6,15H,2,7-13H2,1H3;1-2H,(H,5,6)(H,7,8)/b;2-1+. The molecule has 0 bridgehead atoms. The maximum atomic E-state index is 12.7. The summed E-state index contributed by atoms with van der Waals surface area (Å²) < 4.78 is 37.3. The fourth-order valence-corrected chi connectivity index (χ4v) is 4.93. The van der Waals surface area contributed by atoms with Crippen molar-refractivity contribution in [1.29, 1.82) is 0 Å². The van der Waals surface area contributed by atoms with Gasteiger partial charge in [-0.05, 0) is 18.6 Å². The van der Waals surface area contributed by atoms with Crippen LogP contribution in [0, 0.1) is 0 Å². The van der Waals surface area contributed by atoms with Gasteiger partial charge in [-0.1, -0.05) is 18.2 Å². The first-order valence-corrected chi connectivity index (χ1v) is 11.9. The molecule has 182 valence electrons. The molecule has 3 rings (SSSR count). The predicted molar refractivity (Wildman–Crippen MR) is 117 cm³/mol. The van der Waals surface area contributed by atoms with E-state index in [2.05, 4.69) is 4.90 Å². The second kappa shape index (κ2) is 12.4. The fourth-order valence-electron chi connectivity index (χ4n) is 3.38. The van der Waals surface area contributed by atoms with Crippen molar-refractivity contribution in [1.82, 2.24) is 9.21 Å². The van der Waals surface area contributed by atoms with Crippen molar-refractivity contribution >= 4 is 27.9 Å². The number of aliphatic carboxylic acids is 2. The number of nitrogens with zero attached hydrogens (tertiary/aromatic N) is 2. The molecule has 1 aromatic rings. The Morgan fingerprint density at radius 1 is 1.12 bits per heavy atom. The molecule has 1 amide bonds. The van der Waals surface area contributed by atoms with Crippen molar-refractivity contribution in [3.8, 4) is 0 Å². The van der Waals surface area contributed by atoms with Crippen LogP contribution in [0.1, 0.15) is 22.8 Å². The zero-order valence-electron chi connectivity index (χ0n) is 18.3. The van der Waals surface area contributed by atoms with Crippen LogP contribution >= 0.6 is 0 Å². The quantitative estimate of drug-likeness (QED) is 0.497. The third kappa shape index (κ3) is 8.24. The summed E-state index contributed by atoms with van der Waals surface area (Å²) in [4.78, 5) is 34.0. The fraction of sp³-hybridized carbons (Fsp3) is 0.476. The minimum Gasteiger partial charge on any atom is -0.478 e. The van der Waals surface area contributed by atoms with Crippen LogP contribution in [-0.2, 0) is 34.8 Å². The van der Waals surface area contributed by atoms with E-state index in [1.807, 2.05) is 6.92 Å². The van der Waals surface area contributed by atoms with Crippen molar-refractivity contribution in [2.75, 3.05) is 46.0 Å². The summed E-state index contributed by atoms with van der Waals surface area (Å²) in [6.45, 7) is 5.85. The Kier molecular flexibility index (Phi) is 9.97. The van der Waals surface area contributed by atoms with E-state index in [1.54, 1.807) is 24.3 Å². The minimum absolute atomic E-state index is 0.0424. The molecule has 0 saturated carbocycles. The number of carbonyl (C=O) groups is 3. The zero-order chi connectivity index (χ0) is 24.4. The lowest BCUT2D eigenvalue weighted by atomic mass is 10.1. The molecule has 11 nitrogen and oxygen atoms in total. The van der Waals surface area contributed by atoms with Gasteiger partial charge in [0.25, 0.3) is 5.91 Å². The molecule has 0 aromatic heterocycles. The number of benzene rings is 1. The third-order valence-corrected chi connectivity index (χ3v) is 6.52. The summed E-state index contributed by atoms with van der Waals surface area (Å²) >= 11 is 0. The Balaban J connectivity index is 0.000000414. The van der Waals surface area contributed by atoms with E-state index in [0.29, 0.717) is 49.6 Å². The first kappa shape index (κ1) is 26.5. The van der Waals surface area contributed by atoms with Crippen molar-refractivity contribution in [3.05, 3.63) is 47.5 Å². The minimum atomic E-state index is -3.68. The molecule has 2 aliphatic heterocycles. The smallest absolute Gasteiger partial charge is 0.328 e. The van der Waals surface area contributed by atoms with E-state index in [-0.39, 0.29) is 18.4 Å². The summed E-state index contributed by atoms with van der Waals surface area (Å²) in [6, 6.07) is 6.87. The largest absolute Gasteiger partial charge is 0.478 e. The van der Waals surface area contributed by atoms with Gasteiger partial charge in [-0.2, -0.15) is 0 Å². The second-order valence-corrected chi connectivity index (χ2v) is 9.14. The van der Waals surface area contributed by atoms with Gasteiger partial charge in [0.2, 0.25) is 10.0 Å². The van der Waals surface area contributed by atoms with Gasteiger partial charge >= 0.3 is 11.9 Å². The van der Waals surface area contributed by atoms with Crippen LogP contribution in [0.3, 0.4) is 0 Å². The predicted octanol–water partition coefficient (Wildman–Crippen LogP) is 0.421. The average molecular weight is 485 g/mol. The van der Waals surface area contributed by atoms with Gasteiger partial charge in [0, 0.05) is 44.0 Å². The van der Waals surface area contributed by atoms with Gasteiger partial charge < -0.3 is 19.7 Å². The second-order valence-electron chi connectivity index (χ2n) is 7.25. The number of carboxylic acids is 2. The van der Waals surface area contributed by atoms with E-state index in [4.69, 9.17) is 19.7 Å². The van der Waals surface area contributed by atoms with Gasteiger partial charge in [0.15, 0.2) is 0 Å². The lowest BCUT2D eigenvalue weighted by Gasteiger charge is -2.34. The molecular weight excluding hydrogens is 456 g/mol. The molecule has 0 radical (unpaired) electrons. The normalized spacial score (nSPS) is 18.8. The maximum Gasteiger partial charge on any atom is 0.328 e. The van der Waals surface area contributed by atoms with Crippen molar-refractivity contribution in [2.24, 2.45) is 0 Å². The number of sulfonamides is 1. The van der Waals surface area contributed by atoms with E-state index < -0.39 is 27.9 Å². The molecule has 33 heavy (non-hydrogen) atoms. The Labute approximate surface area is 192 Å². The number of rotatable bonds is 8. The number of fused-ring (bicyclic) bond motifs is 1. The zero-order valence-corrected chi connectivity index (χ0v) is 19.1.